The van der Waals surface area contributed by atoms with Gasteiger partial charge in [-0.1, -0.05) is 0 Å². The normalized spacial score (nSPS) is 10.1. The van der Waals surface area contributed by atoms with Crippen molar-refractivity contribution in [1.29, 1.82) is 0 Å². The van der Waals surface area contributed by atoms with Crippen LogP contribution in [0.25, 0.3) is 11.3 Å². The molecule has 1 aromatic heterocycles. The van der Waals surface area contributed by atoms with Crippen LogP contribution < -0.4 is 10.2 Å². The van der Waals surface area contributed by atoms with Crippen molar-refractivity contribution in [2.45, 2.75) is 6.92 Å². The van der Waals surface area contributed by atoms with Crippen molar-refractivity contribution in [3.8, 4) is 17.1 Å². The topological polar surface area (TPSA) is 39.4 Å². The Morgan fingerprint density at radius 1 is 1.19 bits per heavy atom. The van der Waals surface area contributed by atoms with Gasteiger partial charge in [0.05, 0.1) is 13.4 Å². The number of benzene rings is 1. The Kier molecular flexibility index (Phi) is 2.77. The van der Waals surface area contributed by atoms with Crippen LogP contribution in [-0.2, 0) is 0 Å². The van der Waals surface area contributed by atoms with Crippen LogP contribution >= 0.6 is 0 Å². The molecule has 0 bridgehead atoms. The lowest BCUT2D eigenvalue weighted by Crippen LogP contribution is -2.02. The van der Waals surface area contributed by atoms with Gasteiger partial charge in [0.1, 0.15) is 11.5 Å². The van der Waals surface area contributed by atoms with Gasteiger partial charge in [0, 0.05) is 17.2 Å². The Balaban J connectivity index is 2.42. The maximum atomic E-state index is 11.5. The van der Waals surface area contributed by atoms with Crippen molar-refractivity contribution < 1.29 is 9.15 Å². The second kappa shape index (κ2) is 4.23. The summed E-state index contributed by atoms with van der Waals surface area (Å²) in [6.45, 7) is 1.73. The van der Waals surface area contributed by atoms with Crippen molar-refractivity contribution in [2.75, 3.05) is 7.11 Å². The van der Waals surface area contributed by atoms with E-state index in [1.54, 1.807) is 14.0 Å². The molecule has 0 unspecified atom stereocenters. The van der Waals surface area contributed by atoms with E-state index in [0.717, 1.165) is 11.3 Å². The second-order valence-corrected chi connectivity index (χ2v) is 3.52. The van der Waals surface area contributed by atoms with E-state index in [1.807, 2.05) is 24.3 Å². The van der Waals surface area contributed by atoms with Gasteiger partial charge in [-0.2, -0.15) is 0 Å². The third kappa shape index (κ3) is 1.98. The SMILES string of the molecule is COc1ccc(-c2cc(=O)c(C)co2)cc1. The molecule has 0 N–H and O–H groups in total. The monoisotopic (exact) mass is 216 g/mol. The quantitative estimate of drug-likeness (QED) is 0.774. The van der Waals surface area contributed by atoms with Crippen LogP contribution in [0.3, 0.4) is 0 Å². The van der Waals surface area contributed by atoms with Crippen LogP contribution in [0.4, 0.5) is 0 Å². The van der Waals surface area contributed by atoms with Crippen molar-refractivity contribution in [3.63, 3.8) is 0 Å². The Hall–Kier alpha value is -2.03. The Morgan fingerprint density at radius 3 is 2.44 bits per heavy atom. The molecule has 2 aromatic rings. The predicted octanol–water partition coefficient (Wildman–Crippen LogP) is 2.62. The van der Waals surface area contributed by atoms with E-state index in [9.17, 15) is 4.79 Å². The Labute approximate surface area is 93.3 Å². The Morgan fingerprint density at radius 2 is 1.88 bits per heavy atom. The van der Waals surface area contributed by atoms with Crippen LogP contribution in [0.2, 0.25) is 0 Å². The molecule has 0 fully saturated rings. The minimum Gasteiger partial charge on any atom is -0.497 e. The highest BCUT2D eigenvalue weighted by molar-refractivity contribution is 5.58. The average Bonchev–Trinajstić information content (AvgIpc) is 2.33. The third-order valence-corrected chi connectivity index (χ3v) is 2.39. The molecule has 16 heavy (non-hydrogen) atoms. The number of aryl methyl sites for hydroxylation is 1. The summed E-state index contributed by atoms with van der Waals surface area (Å²) in [4.78, 5) is 11.5. The van der Waals surface area contributed by atoms with E-state index in [2.05, 4.69) is 0 Å². The highest BCUT2D eigenvalue weighted by atomic mass is 16.5. The fourth-order valence-electron chi connectivity index (χ4n) is 1.38. The molecular weight excluding hydrogens is 204 g/mol. The largest absolute Gasteiger partial charge is 0.497 e. The van der Waals surface area contributed by atoms with E-state index < -0.39 is 0 Å². The van der Waals surface area contributed by atoms with Gasteiger partial charge >= 0.3 is 0 Å². The summed E-state index contributed by atoms with van der Waals surface area (Å²) in [5.74, 6) is 1.34. The maximum absolute atomic E-state index is 11.5. The molecular formula is C13H12O3. The fourth-order valence-corrected chi connectivity index (χ4v) is 1.38. The van der Waals surface area contributed by atoms with Crippen LogP contribution in [-0.4, -0.2) is 7.11 Å². The molecule has 0 aliphatic carbocycles. The van der Waals surface area contributed by atoms with Gasteiger partial charge in [-0.3, -0.25) is 4.79 Å². The molecule has 82 valence electrons. The maximum Gasteiger partial charge on any atom is 0.188 e. The van der Waals surface area contributed by atoms with Gasteiger partial charge in [-0.15, -0.1) is 0 Å². The highest BCUT2D eigenvalue weighted by Gasteiger charge is 2.03. The van der Waals surface area contributed by atoms with Gasteiger partial charge < -0.3 is 9.15 Å². The molecule has 0 spiro atoms. The predicted molar refractivity (Wildman–Crippen MR) is 61.7 cm³/mol. The minimum absolute atomic E-state index is 0.0166. The van der Waals surface area contributed by atoms with Crippen molar-refractivity contribution >= 4 is 0 Å². The minimum atomic E-state index is -0.0166. The van der Waals surface area contributed by atoms with Crippen molar-refractivity contribution in [2.24, 2.45) is 0 Å². The first-order chi connectivity index (χ1) is 7.70. The van der Waals surface area contributed by atoms with E-state index in [4.69, 9.17) is 9.15 Å². The number of hydrogen-bond acceptors (Lipinski definition) is 3. The molecule has 2 rings (SSSR count). The summed E-state index contributed by atoms with van der Waals surface area (Å²) in [5, 5.41) is 0. The second-order valence-electron chi connectivity index (χ2n) is 3.52. The first-order valence-corrected chi connectivity index (χ1v) is 4.94. The molecule has 0 amide bonds. The molecule has 0 aliphatic heterocycles. The zero-order chi connectivity index (χ0) is 11.5. The van der Waals surface area contributed by atoms with Gasteiger partial charge in [0.2, 0.25) is 0 Å². The zero-order valence-electron chi connectivity index (χ0n) is 9.19. The third-order valence-electron chi connectivity index (χ3n) is 2.39. The summed E-state index contributed by atoms with van der Waals surface area (Å²) >= 11 is 0. The molecule has 0 saturated heterocycles. The van der Waals surface area contributed by atoms with Crippen LogP contribution in [0.5, 0.6) is 5.75 Å². The van der Waals surface area contributed by atoms with Crippen LogP contribution in [0, 0.1) is 6.92 Å². The molecule has 1 aromatic carbocycles. The summed E-state index contributed by atoms with van der Waals surface area (Å²) in [6, 6.07) is 8.86. The van der Waals surface area contributed by atoms with Crippen molar-refractivity contribution in [3.05, 3.63) is 52.4 Å². The lowest BCUT2D eigenvalue weighted by atomic mass is 10.1. The van der Waals surface area contributed by atoms with E-state index in [1.165, 1.54) is 12.3 Å². The standard InChI is InChI=1S/C13H12O3/c1-9-8-16-13(7-12(9)14)10-3-5-11(15-2)6-4-10/h3-8H,1-2H3. The van der Waals surface area contributed by atoms with E-state index >= 15 is 0 Å². The fraction of sp³-hybridized carbons (Fsp3) is 0.154. The molecule has 0 radical (unpaired) electrons. The average molecular weight is 216 g/mol. The number of hydrogen-bond donors (Lipinski definition) is 0. The first kappa shape index (κ1) is 10.5. The molecule has 0 aliphatic rings. The van der Waals surface area contributed by atoms with Gasteiger partial charge in [-0.25, -0.2) is 0 Å². The summed E-state index contributed by atoms with van der Waals surface area (Å²) < 4.78 is 10.4. The lowest BCUT2D eigenvalue weighted by Gasteiger charge is -2.02. The molecule has 3 nitrogen and oxygen atoms in total. The molecule has 0 atom stereocenters. The molecule has 3 heteroatoms. The summed E-state index contributed by atoms with van der Waals surface area (Å²) in [7, 11) is 1.61. The van der Waals surface area contributed by atoms with Gasteiger partial charge in [-0.05, 0) is 31.2 Å². The number of rotatable bonds is 2. The molecule has 1 heterocycles. The van der Waals surface area contributed by atoms with Gasteiger partial charge in [0.25, 0.3) is 0 Å². The summed E-state index contributed by atoms with van der Waals surface area (Å²) in [6.07, 6.45) is 1.47. The zero-order valence-corrected chi connectivity index (χ0v) is 9.19. The van der Waals surface area contributed by atoms with Crippen LogP contribution in [0.1, 0.15) is 5.56 Å². The van der Waals surface area contributed by atoms with E-state index in [-0.39, 0.29) is 5.43 Å². The van der Waals surface area contributed by atoms with Crippen molar-refractivity contribution in [1.82, 2.24) is 0 Å². The van der Waals surface area contributed by atoms with Gasteiger partial charge in [0.15, 0.2) is 5.43 Å². The van der Waals surface area contributed by atoms with E-state index in [0.29, 0.717) is 11.3 Å². The lowest BCUT2D eigenvalue weighted by molar-refractivity contribution is 0.415. The van der Waals surface area contributed by atoms with Crippen LogP contribution in [0.15, 0.2) is 45.8 Å². The smallest absolute Gasteiger partial charge is 0.188 e. The first-order valence-electron chi connectivity index (χ1n) is 4.94. The summed E-state index contributed by atoms with van der Waals surface area (Å²) in [5.41, 5.74) is 1.45. The Bertz CT molecular complexity index is 538. The number of ether oxygens (including phenoxy) is 1. The number of methoxy groups -OCH3 is 1. The highest BCUT2D eigenvalue weighted by Crippen LogP contribution is 2.21. The molecule has 0 saturated carbocycles.